The Hall–Kier alpha value is -1.18. The zero-order valence-electron chi connectivity index (χ0n) is 15.6. The molecule has 2 saturated carbocycles. The van der Waals surface area contributed by atoms with Crippen LogP contribution >= 0.6 is 0 Å². The molecule has 0 bridgehead atoms. The van der Waals surface area contributed by atoms with Crippen molar-refractivity contribution in [3.8, 4) is 11.5 Å². The maximum atomic E-state index is 6.15. The van der Waals surface area contributed by atoms with Crippen LogP contribution in [0, 0.1) is 25.7 Å². The molecule has 2 nitrogen and oxygen atoms in total. The molecule has 0 aromatic heterocycles. The number of aryl methyl sites for hydroxylation is 2. The molecule has 1 aromatic rings. The smallest absolute Gasteiger partial charge is 0.122 e. The number of benzene rings is 1. The van der Waals surface area contributed by atoms with E-state index in [0.717, 1.165) is 36.5 Å². The number of ether oxygens (including phenoxy) is 2. The zero-order valence-corrected chi connectivity index (χ0v) is 15.6. The van der Waals surface area contributed by atoms with Gasteiger partial charge in [-0.25, -0.2) is 0 Å². The lowest BCUT2D eigenvalue weighted by Crippen LogP contribution is -2.16. The van der Waals surface area contributed by atoms with E-state index in [4.69, 9.17) is 9.47 Å². The van der Waals surface area contributed by atoms with Gasteiger partial charge in [-0.3, -0.25) is 0 Å². The van der Waals surface area contributed by atoms with Gasteiger partial charge >= 0.3 is 0 Å². The van der Waals surface area contributed by atoms with Crippen LogP contribution in [0.25, 0.3) is 0 Å². The summed E-state index contributed by atoms with van der Waals surface area (Å²) in [6.07, 6.45) is 13.6. The number of hydrogen-bond acceptors (Lipinski definition) is 2. The first-order chi connectivity index (χ1) is 11.7. The molecule has 1 aromatic carbocycles. The van der Waals surface area contributed by atoms with Crippen molar-refractivity contribution in [3.63, 3.8) is 0 Å². The fourth-order valence-corrected chi connectivity index (χ4v) is 4.20. The van der Waals surface area contributed by atoms with Gasteiger partial charge < -0.3 is 9.47 Å². The molecule has 0 heterocycles. The van der Waals surface area contributed by atoms with E-state index in [9.17, 15) is 0 Å². The van der Waals surface area contributed by atoms with E-state index in [1.165, 1.54) is 75.3 Å². The zero-order chi connectivity index (χ0) is 16.8. The van der Waals surface area contributed by atoms with Gasteiger partial charge in [-0.2, -0.15) is 0 Å². The Labute approximate surface area is 147 Å². The molecule has 0 atom stereocenters. The maximum Gasteiger partial charge on any atom is 0.122 e. The molecule has 0 spiro atoms. The Bertz CT molecular complexity index is 463. The van der Waals surface area contributed by atoms with Crippen LogP contribution in [0.2, 0.25) is 0 Å². The fraction of sp³-hybridized carbons (Fsp3) is 0.727. The minimum absolute atomic E-state index is 0.751. The van der Waals surface area contributed by atoms with Crippen LogP contribution in [0.15, 0.2) is 12.1 Å². The Morgan fingerprint density at radius 1 is 0.667 bits per heavy atom. The summed E-state index contributed by atoms with van der Waals surface area (Å²) < 4.78 is 12.3. The van der Waals surface area contributed by atoms with Crippen molar-refractivity contribution in [3.05, 3.63) is 23.3 Å². The monoisotopic (exact) mass is 330 g/mol. The van der Waals surface area contributed by atoms with Crippen LogP contribution in [0.3, 0.4) is 0 Å². The molecule has 3 rings (SSSR count). The van der Waals surface area contributed by atoms with Crippen molar-refractivity contribution in [1.82, 2.24) is 0 Å². The second kappa shape index (κ2) is 8.78. The average molecular weight is 331 g/mol. The Balaban J connectivity index is 1.54. The predicted octanol–water partition coefficient (Wildman–Crippen LogP) is 6.22. The summed E-state index contributed by atoms with van der Waals surface area (Å²) in [6, 6.07) is 4.35. The van der Waals surface area contributed by atoms with Gasteiger partial charge in [0.2, 0.25) is 0 Å². The maximum absolute atomic E-state index is 6.15. The molecule has 24 heavy (non-hydrogen) atoms. The highest BCUT2D eigenvalue weighted by atomic mass is 16.5. The minimum Gasteiger partial charge on any atom is -0.493 e. The molecule has 2 fully saturated rings. The fourth-order valence-electron chi connectivity index (χ4n) is 4.20. The second-order valence-corrected chi connectivity index (χ2v) is 8.01. The molecular weight excluding hydrogens is 296 g/mol. The molecule has 0 aliphatic heterocycles. The third-order valence-electron chi connectivity index (χ3n) is 5.87. The first kappa shape index (κ1) is 17.6. The van der Waals surface area contributed by atoms with E-state index < -0.39 is 0 Å². The standard InChI is InChI=1S/C22H34O2/c1-17-13-22(24-16-20-11-7-4-8-12-20)18(2)14-21(17)23-15-19-9-5-3-6-10-19/h13-14,19-20H,3-12,15-16H2,1-2H3. The van der Waals surface area contributed by atoms with Gasteiger partial charge in [-0.15, -0.1) is 0 Å². The van der Waals surface area contributed by atoms with Crippen molar-refractivity contribution < 1.29 is 9.47 Å². The Morgan fingerprint density at radius 3 is 1.42 bits per heavy atom. The molecule has 0 unspecified atom stereocenters. The van der Waals surface area contributed by atoms with Crippen LogP contribution in [-0.2, 0) is 0 Å². The van der Waals surface area contributed by atoms with Gasteiger partial charge in [0.1, 0.15) is 11.5 Å². The van der Waals surface area contributed by atoms with Gasteiger partial charge in [0.25, 0.3) is 0 Å². The lowest BCUT2D eigenvalue weighted by molar-refractivity contribution is 0.203. The van der Waals surface area contributed by atoms with E-state index in [1.807, 2.05) is 0 Å². The van der Waals surface area contributed by atoms with E-state index in [-0.39, 0.29) is 0 Å². The lowest BCUT2D eigenvalue weighted by atomic mass is 9.90. The molecule has 0 radical (unpaired) electrons. The van der Waals surface area contributed by atoms with E-state index >= 15 is 0 Å². The summed E-state index contributed by atoms with van der Waals surface area (Å²) in [7, 11) is 0. The number of rotatable bonds is 6. The second-order valence-electron chi connectivity index (χ2n) is 8.01. The van der Waals surface area contributed by atoms with Crippen molar-refractivity contribution in [2.24, 2.45) is 11.8 Å². The largest absolute Gasteiger partial charge is 0.493 e. The normalized spacial score (nSPS) is 20.1. The quantitative estimate of drug-likeness (QED) is 0.616. The summed E-state index contributed by atoms with van der Waals surface area (Å²) in [6.45, 7) is 6.04. The first-order valence-corrected chi connectivity index (χ1v) is 10.1. The van der Waals surface area contributed by atoms with Crippen LogP contribution in [-0.4, -0.2) is 13.2 Å². The van der Waals surface area contributed by atoms with Crippen LogP contribution in [0.1, 0.15) is 75.3 Å². The highest BCUT2D eigenvalue weighted by Crippen LogP contribution is 2.31. The van der Waals surface area contributed by atoms with E-state index in [2.05, 4.69) is 26.0 Å². The van der Waals surface area contributed by atoms with Crippen LogP contribution in [0.4, 0.5) is 0 Å². The lowest BCUT2D eigenvalue weighted by Gasteiger charge is -2.24. The topological polar surface area (TPSA) is 18.5 Å². The van der Waals surface area contributed by atoms with E-state index in [1.54, 1.807) is 0 Å². The Kier molecular flexibility index (Phi) is 6.45. The summed E-state index contributed by atoms with van der Waals surface area (Å²) in [4.78, 5) is 0. The number of hydrogen-bond donors (Lipinski definition) is 0. The Morgan fingerprint density at radius 2 is 1.04 bits per heavy atom. The molecule has 134 valence electrons. The highest BCUT2D eigenvalue weighted by molar-refractivity contribution is 5.45. The molecule has 0 N–H and O–H groups in total. The summed E-state index contributed by atoms with van der Waals surface area (Å²) >= 11 is 0. The van der Waals surface area contributed by atoms with Crippen molar-refractivity contribution in [2.45, 2.75) is 78.1 Å². The molecule has 2 heteroatoms. The van der Waals surface area contributed by atoms with Crippen LogP contribution < -0.4 is 9.47 Å². The average Bonchev–Trinajstić information content (AvgIpc) is 2.62. The van der Waals surface area contributed by atoms with Crippen LogP contribution in [0.5, 0.6) is 11.5 Å². The molecule has 2 aliphatic carbocycles. The van der Waals surface area contributed by atoms with Crippen molar-refractivity contribution in [1.29, 1.82) is 0 Å². The predicted molar refractivity (Wildman–Crippen MR) is 100 cm³/mol. The molecule has 0 amide bonds. The SMILES string of the molecule is Cc1cc(OCC2CCCCC2)c(C)cc1OCC1CCCCC1. The van der Waals surface area contributed by atoms with Gasteiger partial charge in [-0.05, 0) is 74.6 Å². The minimum atomic E-state index is 0.751. The molecular formula is C22H34O2. The third kappa shape index (κ3) is 4.91. The third-order valence-corrected chi connectivity index (χ3v) is 5.87. The van der Waals surface area contributed by atoms with Crippen molar-refractivity contribution in [2.75, 3.05) is 13.2 Å². The van der Waals surface area contributed by atoms with Gasteiger partial charge in [-0.1, -0.05) is 38.5 Å². The molecule has 0 saturated heterocycles. The summed E-state index contributed by atoms with van der Waals surface area (Å²) in [5.41, 5.74) is 2.41. The van der Waals surface area contributed by atoms with Gasteiger partial charge in [0.15, 0.2) is 0 Å². The van der Waals surface area contributed by atoms with Gasteiger partial charge in [0.05, 0.1) is 13.2 Å². The highest BCUT2D eigenvalue weighted by Gasteiger charge is 2.17. The molecule has 2 aliphatic rings. The van der Waals surface area contributed by atoms with E-state index in [0.29, 0.717) is 0 Å². The van der Waals surface area contributed by atoms with Gasteiger partial charge in [0, 0.05) is 0 Å². The first-order valence-electron chi connectivity index (χ1n) is 10.1. The summed E-state index contributed by atoms with van der Waals surface area (Å²) in [5, 5.41) is 0. The summed E-state index contributed by atoms with van der Waals surface area (Å²) in [5.74, 6) is 3.59. The van der Waals surface area contributed by atoms with Crippen molar-refractivity contribution >= 4 is 0 Å².